The number of ether oxygens (including phenoxy) is 2. The number of carbonyl (C=O) groups is 2. The van der Waals surface area contributed by atoms with Gasteiger partial charge in [0.2, 0.25) is 10.0 Å². The van der Waals surface area contributed by atoms with Gasteiger partial charge in [-0.25, -0.2) is 8.42 Å². The minimum Gasteiger partial charge on any atom is -0.483 e. The normalized spacial score (nSPS) is 10.9. The fraction of sp³-hybridized carbons (Fsp3) is 0.222. The summed E-state index contributed by atoms with van der Waals surface area (Å²) < 4.78 is 36.1. The molecule has 0 aliphatic rings. The lowest BCUT2D eigenvalue weighted by Gasteiger charge is -2.10. The summed E-state index contributed by atoms with van der Waals surface area (Å²) in [5.41, 5.74) is 1.33. The summed E-state index contributed by atoms with van der Waals surface area (Å²) in [4.78, 5) is 23.0. The van der Waals surface area contributed by atoms with E-state index < -0.39 is 22.5 Å². The number of sulfonamides is 1. The molecular formula is C18H20N2O6S. The molecule has 0 saturated carbocycles. The number of hydrogen-bond donors (Lipinski definition) is 2. The van der Waals surface area contributed by atoms with Crippen LogP contribution < -0.4 is 14.8 Å². The molecule has 0 aliphatic heterocycles. The third-order valence-corrected chi connectivity index (χ3v) is 4.95. The molecule has 2 aromatic carbocycles. The van der Waals surface area contributed by atoms with Gasteiger partial charge in [-0.05, 0) is 42.8 Å². The summed E-state index contributed by atoms with van der Waals surface area (Å²) in [6.07, 6.45) is 0. The van der Waals surface area contributed by atoms with Gasteiger partial charge in [0.25, 0.3) is 5.91 Å². The largest absolute Gasteiger partial charge is 0.483 e. The molecular weight excluding hydrogens is 372 g/mol. The van der Waals surface area contributed by atoms with E-state index in [1.165, 1.54) is 24.3 Å². The molecule has 0 bridgehead atoms. The lowest BCUT2D eigenvalue weighted by Crippen LogP contribution is -2.30. The number of methoxy groups -OCH3 is 1. The van der Waals surface area contributed by atoms with Crippen molar-refractivity contribution in [2.24, 2.45) is 0 Å². The molecule has 9 heteroatoms. The first-order valence-electron chi connectivity index (χ1n) is 7.96. The summed E-state index contributed by atoms with van der Waals surface area (Å²) in [7, 11) is -2.69. The number of esters is 1. The Morgan fingerprint density at radius 2 is 1.70 bits per heavy atom. The SMILES string of the molecule is COC(=O)CNS(=O)(=O)c1ccc(NC(=O)COc2ccccc2C)cc1. The van der Waals surface area contributed by atoms with Gasteiger partial charge in [0.1, 0.15) is 12.3 Å². The number of hydrogen-bond acceptors (Lipinski definition) is 6. The predicted octanol–water partition coefficient (Wildman–Crippen LogP) is 1.46. The molecule has 144 valence electrons. The zero-order chi connectivity index (χ0) is 19.9. The molecule has 2 rings (SSSR count). The predicted molar refractivity (Wildman–Crippen MR) is 99.0 cm³/mol. The minimum absolute atomic E-state index is 0.0411. The summed E-state index contributed by atoms with van der Waals surface area (Å²) >= 11 is 0. The average Bonchev–Trinajstić information content (AvgIpc) is 2.66. The number of amides is 1. The second-order valence-electron chi connectivity index (χ2n) is 5.53. The van der Waals surface area contributed by atoms with Gasteiger partial charge in [-0.3, -0.25) is 9.59 Å². The molecule has 0 aliphatic carbocycles. The summed E-state index contributed by atoms with van der Waals surface area (Å²) in [6, 6.07) is 12.8. The smallest absolute Gasteiger partial charge is 0.320 e. The molecule has 0 aromatic heterocycles. The molecule has 0 unspecified atom stereocenters. The Labute approximate surface area is 157 Å². The fourth-order valence-electron chi connectivity index (χ4n) is 2.09. The zero-order valence-corrected chi connectivity index (χ0v) is 15.7. The van der Waals surface area contributed by atoms with Gasteiger partial charge >= 0.3 is 5.97 Å². The topological polar surface area (TPSA) is 111 Å². The van der Waals surface area contributed by atoms with Crippen LogP contribution in [0.4, 0.5) is 5.69 Å². The van der Waals surface area contributed by atoms with Crippen LogP contribution in [0.3, 0.4) is 0 Å². The molecule has 8 nitrogen and oxygen atoms in total. The second-order valence-corrected chi connectivity index (χ2v) is 7.29. The fourth-order valence-corrected chi connectivity index (χ4v) is 3.05. The third-order valence-electron chi connectivity index (χ3n) is 3.53. The van der Waals surface area contributed by atoms with Crippen LogP contribution in [0.5, 0.6) is 5.75 Å². The van der Waals surface area contributed by atoms with Gasteiger partial charge in [-0.15, -0.1) is 0 Å². The Bertz CT molecular complexity index is 910. The Morgan fingerprint density at radius 3 is 2.33 bits per heavy atom. The van der Waals surface area contributed by atoms with Crippen molar-refractivity contribution in [1.29, 1.82) is 0 Å². The highest BCUT2D eigenvalue weighted by Crippen LogP contribution is 2.17. The van der Waals surface area contributed by atoms with Crippen LogP contribution in [0.25, 0.3) is 0 Å². The van der Waals surface area contributed by atoms with Crippen LogP contribution >= 0.6 is 0 Å². The van der Waals surface area contributed by atoms with E-state index in [1.807, 2.05) is 25.1 Å². The van der Waals surface area contributed by atoms with Crippen LogP contribution in [-0.2, 0) is 24.3 Å². The number of anilines is 1. The highest BCUT2D eigenvalue weighted by atomic mass is 32.2. The number of para-hydroxylation sites is 1. The van der Waals surface area contributed by atoms with Gasteiger partial charge in [0.05, 0.1) is 12.0 Å². The lowest BCUT2D eigenvalue weighted by molar-refractivity contribution is -0.139. The average molecular weight is 392 g/mol. The van der Waals surface area contributed by atoms with Crippen LogP contribution in [0, 0.1) is 6.92 Å². The number of rotatable bonds is 8. The maximum absolute atomic E-state index is 12.1. The monoisotopic (exact) mass is 392 g/mol. The molecule has 0 saturated heterocycles. The van der Waals surface area contributed by atoms with Gasteiger partial charge < -0.3 is 14.8 Å². The van der Waals surface area contributed by atoms with Crippen LogP contribution in [-0.4, -0.2) is 40.6 Å². The Balaban J connectivity index is 1.92. The highest BCUT2D eigenvalue weighted by Gasteiger charge is 2.16. The summed E-state index contributed by atoms with van der Waals surface area (Å²) in [5, 5.41) is 2.62. The molecule has 2 aromatic rings. The lowest BCUT2D eigenvalue weighted by atomic mass is 10.2. The van der Waals surface area contributed by atoms with Crippen LogP contribution in [0.2, 0.25) is 0 Å². The van der Waals surface area contributed by atoms with Crippen molar-refractivity contribution in [3.8, 4) is 5.75 Å². The number of benzene rings is 2. The molecule has 27 heavy (non-hydrogen) atoms. The van der Waals surface area contributed by atoms with E-state index in [9.17, 15) is 18.0 Å². The molecule has 0 heterocycles. The minimum atomic E-state index is -3.85. The first kappa shape index (κ1) is 20.4. The summed E-state index contributed by atoms with van der Waals surface area (Å²) in [5.74, 6) is -0.459. The first-order valence-corrected chi connectivity index (χ1v) is 9.45. The van der Waals surface area contributed by atoms with E-state index >= 15 is 0 Å². The maximum atomic E-state index is 12.1. The molecule has 0 fully saturated rings. The maximum Gasteiger partial charge on any atom is 0.320 e. The van der Waals surface area contributed by atoms with Crippen molar-refractivity contribution in [3.63, 3.8) is 0 Å². The highest BCUT2D eigenvalue weighted by molar-refractivity contribution is 7.89. The quantitative estimate of drug-likeness (QED) is 0.658. The third kappa shape index (κ3) is 6.08. The van der Waals surface area contributed by atoms with Crippen molar-refractivity contribution >= 4 is 27.6 Å². The molecule has 0 radical (unpaired) electrons. The Kier molecular flexibility index (Phi) is 6.91. The van der Waals surface area contributed by atoms with Crippen molar-refractivity contribution in [3.05, 3.63) is 54.1 Å². The van der Waals surface area contributed by atoms with Gasteiger partial charge in [0, 0.05) is 5.69 Å². The van der Waals surface area contributed by atoms with E-state index in [0.717, 1.165) is 12.7 Å². The first-order chi connectivity index (χ1) is 12.8. The second kappa shape index (κ2) is 9.15. The van der Waals surface area contributed by atoms with Gasteiger partial charge in [-0.2, -0.15) is 4.72 Å². The molecule has 2 N–H and O–H groups in total. The van der Waals surface area contributed by atoms with E-state index in [4.69, 9.17) is 4.74 Å². The van der Waals surface area contributed by atoms with Gasteiger partial charge in [0.15, 0.2) is 6.61 Å². The molecule has 0 atom stereocenters. The van der Waals surface area contributed by atoms with E-state index in [2.05, 4.69) is 14.8 Å². The van der Waals surface area contributed by atoms with Crippen LogP contribution in [0.1, 0.15) is 5.56 Å². The number of aryl methyl sites for hydroxylation is 1. The van der Waals surface area contributed by atoms with Crippen molar-refractivity contribution in [1.82, 2.24) is 4.72 Å². The number of carbonyl (C=O) groups excluding carboxylic acids is 2. The van der Waals surface area contributed by atoms with Crippen molar-refractivity contribution < 1.29 is 27.5 Å². The van der Waals surface area contributed by atoms with E-state index in [-0.39, 0.29) is 17.4 Å². The Hall–Kier alpha value is -2.91. The zero-order valence-electron chi connectivity index (χ0n) is 14.9. The van der Waals surface area contributed by atoms with Crippen molar-refractivity contribution in [2.75, 3.05) is 25.6 Å². The van der Waals surface area contributed by atoms with Crippen LogP contribution in [0.15, 0.2) is 53.4 Å². The van der Waals surface area contributed by atoms with E-state index in [1.54, 1.807) is 6.07 Å². The van der Waals surface area contributed by atoms with E-state index in [0.29, 0.717) is 11.4 Å². The molecule has 1 amide bonds. The Morgan fingerprint density at radius 1 is 1.04 bits per heavy atom. The van der Waals surface area contributed by atoms with Gasteiger partial charge in [-0.1, -0.05) is 18.2 Å². The number of nitrogens with one attached hydrogen (secondary N) is 2. The van der Waals surface area contributed by atoms with Crippen molar-refractivity contribution in [2.45, 2.75) is 11.8 Å². The summed E-state index contributed by atoms with van der Waals surface area (Å²) in [6.45, 7) is 1.24. The molecule has 0 spiro atoms. The standard InChI is InChI=1S/C18H20N2O6S/c1-13-5-3-4-6-16(13)26-12-17(21)20-14-7-9-15(10-8-14)27(23,24)19-11-18(22)25-2/h3-10,19H,11-12H2,1-2H3,(H,20,21).